The van der Waals surface area contributed by atoms with Gasteiger partial charge in [-0.15, -0.1) is 0 Å². The summed E-state index contributed by atoms with van der Waals surface area (Å²) in [6, 6.07) is 7.49. The SMILES string of the molecule is N[C@@H](Cc1ccccc1)C(=O)N1C[C@H](O)C[C@H]1C(=O)NCC(=O)O. The molecule has 0 aliphatic carbocycles. The van der Waals surface area contributed by atoms with E-state index in [2.05, 4.69) is 5.32 Å². The third-order valence-corrected chi connectivity index (χ3v) is 3.89. The largest absolute Gasteiger partial charge is 0.480 e. The van der Waals surface area contributed by atoms with Gasteiger partial charge in [0.2, 0.25) is 11.8 Å². The van der Waals surface area contributed by atoms with Gasteiger partial charge in [-0.2, -0.15) is 0 Å². The van der Waals surface area contributed by atoms with Crippen molar-refractivity contribution in [3.05, 3.63) is 35.9 Å². The van der Waals surface area contributed by atoms with Crippen LogP contribution in [0.15, 0.2) is 30.3 Å². The number of carbonyl (C=O) groups excluding carboxylic acids is 2. The molecular weight excluding hydrogens is 314 g/mol. The number of hydrogen-bond donors (Lipinski definition) is 4. The molecule has 8 heteroatoms. The summed E-state index contributed by atoms with van der Waals surface area (Å²) in [7, 11) is 0. The van der Waals surface area contributed by atoms with Gasteiger partial charge >= 0.3 is 5.97 Å². The Balaban J connectivity index is 2.02. The zero-order chi connectivity index (χ0) is 17.7. The predicted octanol–water partition coefficient (Wildman–Crippen LogP) is -1.28. The lowest BCUT2D eigenvalue weighted by Crippen LogP contribution is -2.52. The van der Waals surface area contributed by atoms with Crippen LogP contribution in [-0.4, -0.2) is 64.2 Å². The smallest absolute Gasteiger partial charge is 0.322 e. The van der Waals surface area contributed by atoms with Gasteiger partial charge < -0.3 is 26.2 Å². The van der Waals surface area contributed by atoms with Crippen molar-refractivity contribution in [2.45, 2.75) is 31.0 Å². The van der Waals surface area contributed by atoms with Crippen LogP contribution in [0.5, 0.6) is 0 Å². The van der Waals surface area contributed by atoms with E-state index in [1.165, 1.54) is 4.90 Å². The van der Waals surface area contributed by atoms with Crippen molar-refractivity contribution >= 4 is 17.8 Å². The average molecular weight is 335 g/mol. The van der Waals surface area contributed by atoms with E-state index >= 15 is 0 Å². The fraction of sp³-hybridized carbons (Fsp3) is 0.438. The second kappa shape index (κ2) is 7.89. The highest BCUT2D eigenvalue weighted by atomic mass is 16.4. The molecule has 2 rings (SSSR count). The van der Waals surface area contributed by atoms with E-state index in [0.717, 1.165) is 5.56 Å². The molecule has 2 amide bonds. The van der Waals surface area contributed by atoms with Crippen molar-refractivity contribution in [3.8, 4) is 0 Å². The van der Waals surface area contributed by atoms with Gasteiger partial charge in [0.05, 0.1) is 12.1 Å². The molecule has 1 fully saturated rings. The summed E-state index contributed by atoms with van der Waals surface area (Å²) in [5, 5.41) is 20.6. The zero-order valence-corrected chi connectivity index (χ0v) is 13.1. The fourth-order valence-corrected chi connectivity index (χ4v) is 2.75. The Hall–Kier alpha value is -2.45. The van der Waals surface area contributed by atoms with E-state index in [4.69, 9.17) is 10.8 Å². The number of carboxylic acid groups (broad SMARTS) is 1. The minimum absolute atomic E-state index is 0.00643. The first-order valence-electron chi connectivity index (χ1n) is 7.66. The Morgan fingerprint density at radius 2 is 1.96 bits per heavy atom. The van der Waals surface area contributed by atoms with Gasteiger partial charge in [0.1, 0.15) is 12.6 Å². The third-order valence-electron chi connectivity index (χ3n) is 3.89. The fourth-order valence-electron chi connectivity index (χ4n) is 2.75. The molecule has 24 heavy (non-hydrogen) atoms. The first kappa shape index (κ1) is 17.9. The maximum absolute atomic E-state index is 12.5. The Bertz CT molecular complexity index is 607. The van der Waals surface area contributed by atoms with Crippen molar-refractivity contribution in [3.63, 3.8) is 0 Å². The number of rotatable bonds is 6. The van der Waals surface area contributed by atoms with Crippen LogP contribution in [0.25, 0.3) is 0 Å². The standard InChI is InChI=1S/C16H21N3O5/c17-12(6-10-4-2-1-3-5-10)16(24)19-9-11(20)7-13(19)15(23)18-8-14(21)22/h1-5,11-13,20H,6-9,17H2,(H,18,23)(H,21,22)/t11-,12+,13+/m1/s1. The number of benzene rings is 1. The number of nitrogens with zero attached hydrogens (tertiary/aromatic N) is 1. The lowest BCUT2D eigenvalue weighted by Gasteiger charge is -2.26. The third kappa shape index (κ3) is 4.53. The number of nitrogens with one attached hydrogen (secondary N) is 1. The number of aliphatic hydroxyl groups excluding tert-OH is 1. The number of β-amino-alcohol motifs (C(OH)–C–C–N with tert-alkyl or cyclic N) is 1. The normalized spacial score (nSPS) is 21.3. The monoisotopic (exact) mass is 335 g/mol. The van der Waals surface area contributed by atoms with E-state index in [1.54, 1.807) is 0 Å². The van der Waals surface area contributed by atoms with Crippen molar-refractivity contribution in [2.24, 2.45) is 5.73 Å². The molecule has 8 nitrogen and oxygen atoms in total. The average Bonchev–Trinajstić information content (AvgIpc) is 2.94. The molecule has 130 valence electrons. The Kier molecular flexibility index (Phi) is 5.88. The quantitative estimate of drug-likeness (QED) is 0.512. The number of carbonyl (C=O) groups is 3. The first-order chi connectivity index (χ1) is 11.4. The second-order valence-corrected chi connectivity index (χ2v) is 5.80. The molecule has 1 aliphatic rings. The van der Waals surface area contributed by atoms with Crippen LogP contribution in [-0.2, 0) is 20.8 Å². The Morgan fingerprint density at radius 3 is 2.58 bits per heavy atom. The minimum Gasteiger partial charge on any atom is -0.480 e. The molecule has 3 atom stereocenters. The summed E-state index contributed by atoms with van der Waals surface area (Å²) < 4.78 is 0. The van der Waals surface area contributed by atoms with Gasteiger partial charge in [-0.3, -0.25) is 14.4 Å². The molecule has 0 saturated carbocycles. The molecule has 0 unspecified atom stereocenters. The highest BCUT2D eigenvalue weighted by molar-refractivity contribution is 5.91. The highest BCUT2D eigenvalue weighted by Gasteiger charge is 2.40. The van der Waals surface area contributed by atoms with E-state index in [9.17, 15) is 19.5 Å². The maximum atomic E-state index is 12.5. The van der Waals surface area contributed by atoms with Crippen molar-refractivity contribution in [1.29, 1.82) is 0 Å². The van der Waals surface area contributed by atoms with Crippen LogP contribution in [0.4, 0.5) is 0 Å². The summed E-state index contributed by atoms with van der Waals surface area (Å²) in [4.78, 5) is 36.4. The highest BCUT2D eigenvalue weighted by Crippen LogP contribution is 2.19. The molecule has 0 spiro atoms. The summed E-state index contributed by atoms with van der Waals surface area (Å²) in [5.41, 5.74) is 6.85. The molecular formula is C16H21N3O5. The maximum Gasteiger partial charge on any atom is 0.322 e. The van der Waals surface area contributed by atoms with E-state index in [-0.39, 0.29) is 13.0 Å². The van der Waals surface area contributed by atoms with Crippen LogP contribution in [0, 0.1) is 0 Å². The molecule has 1 aromatic rings. The summed E-state index contributed by atoms with van der Waals surface area (Å²) in [5.74, 6) is -2.22. The molecule has 1 saturated heterocycles. The summed E-state index contributed by atoms with van der Waals surface area (Å²) >= 11 is 0. The van der Waals surface area contributed by atoms with Gasteiger partial charge in [0.15, 0.2) is 0 Å². The first-order valence-corrected chi connectivity index (χ1v) is 7.66. The van der Waals surface area contributed by atoms with Crippen LogP contribution in [0.3, 0.4) is 0 Å². The van der Waals surface area contributed by atoms with Crippen molar-refractivity contribution < 1.29 is 24.6 Å². The van der Waals surface area contributed by atoms with Crippen LogP contribution in [0.2, 0.25) is 0 Å². The molecule has 1 heterocycles. The molecule has 0 radical (unpaired) electrons. The van der Waals surface area contributed by atoms with Gasteiger partial charge in [0.25, 0.3) is 0 Å². The van der Waals surface area contributed by atoms with Crippen LogP contribution >= 0.6 is 0 Å². The minimum atomic E-state index is -1.18. The van der Waals surface area contributed by atoms with E-state index in [0.29, 0.717) is 6.42 Å². The molecule has 5 N–H and O–H groups in total. The summed E-state index contributed by atoms with van der Waals surface area (Å²) in [6.45, 7) is -0.532. The molecule has 0 bridgehead atoms. The number of aliphatic hydroxyl groups is 1. The topological polar surface area (TPSA) is 133 Å². The van der Waals surface area contributed by atoms with Crippen LogP contribution in [0.1, 0.15) is 12.0 Å². The lowest BCUT2D eigenvalue weighted by atomic mass is 10.1. The molecule has 1 aliphatic heterocycles. The predicted molar refractivity (Wildman–Crippen MR) is 84.9 cm³/mol. The number of amides is 2. The van der Waals surface area contributed by atoms with E-state index in [1.807, 2.05) is 30.3 Å². The number of aliphatic carboxylic acids is 1. The number of hydrogen-bond acceptors (Lipinski definition) is 5. The second-order valence-electron chi connectivity index (χ2n) is 5.80. The molecule has 1 aromatic carbocycles. The van der Waals surface area contributed by atoms with Gasteiger partial charge in [0, 0.05) is 13.0 Å². The Morgan fingerprint density at radius 1 is 1.29 bits per heavy atom. The zero-order valence-electron chi connectivity index (χ0n) is 13.1. The van der Waals surface area contributed by atoms with Crippen molar-refractivity contribution in [1.82, 2.24) is 10.2 Å². The van der Waals surface area contributed by atoms with E-state index < -0.39 is 42.5 Å². The lowest BCUT2D eigenvalue weighted by molar-refractivity contribution is -0.141. The number of carboxylic acids is 1. The van der Waals surface area contributed by atoms with Crippen LogP contribution < -0.4 is 11.1 Å². The van der Waals surface area contributed by atoms with Gasteiger partial charge in [-0.05, 0) is 12.0 Å². The van der Waals surface area contributed by atoms with Gasteiger partial charge in [-0.1, -0.05) is 30.3 Å². The van der Waals surface area contributed by atoms with Crippen molar-refractivity contribution in [2.75, 3.05) is 13.1 Å². The Labute approximate surface area is 139 Å². The number of nitrogens with two attached hydrogens (primary N) is 1. The number of likely N-dealkylation sites (tertiary alicyclic amines) is 1. The van der Waals surface area contributed by atoms with Gasteiger partial charge in [-0.25, -0.2) is 0 Å². The molecule has 0 aromatic heterocycles. The summed E-state index contributed by atoms with van der Waals surface area (Å²) in [6.07, 6.45) is -0.455.